The Bertz CT molecular complexity index is 893. The number of methoxy groups -OCH3 is 1. The first kappa shape index (κ1) is 20.0. The molecule has 2 aromatic carbocycles. The predicted octanol–water partition coefficient (Wildman–Crippen LogP) is 3.45. The van der Waals surface area contributed by atoms with E-state index in [0.29, 0.717) is 23.5 Å². The molecule has 0 aromatic heterocycles. The maximum atomic E-state index is 12.8. The first-order valence-electron chi connectivity index (χ1n) is 8.76. The van der Waals surface area contributed by atoms with E-state index in [9.17, 15) is 8.42 Å². The summed E-state index contributed by atoms with van der Waals surface area (Å²) in [5.74, 6) is 0.482. The van der Waals surface area contributed by atoms with Crippen LogP contribution in [0.25, 0.3) is 0 Å². The zero-order valence-corrected chi connectivity index (χ0v) is 18.0. The monoisotopic (exact) mass is 453 g/mol. The van der Waals surface area contributed by atoms with Gasteiger partial charge in [-0.1, -0.05) is 15.9 Å². The Balaban J connectivity index is 1.91. The van der Waals surface area contributed by atoms with Gasteiger partial charge in [0.2, 0.25) is 0 Å². The molecule has 2 aromatic rings. The average Bonchev–Trinajstić information content (AvgIpc) is 2.61. The Morgan fingerprint density at radius 1 is 1.11 bits per heavy atom. The highest BCUT2D eigenvalue weighted by Crippen LogP contribution is 2.32. The van der Waals surface area contributed by atoms with Gasteiger partial charge in [-0.3, -0.25) is 4.72 Å². The summed E-state index contributed by atoms with van der Waals surface area (Å²) in [4.78, 5) is 2.45. The summed E-state index contributed by atoms with van der Waals surface area (Å²) in [5.41, 5.74) is 1.39. The molecule has 2 unspecified atom stereocenters. The molecule has 1 aliphatic rings. The standard InChI is InChI=1S/C19H24BrN3O3S/c1-13-11-23(12-14(2)21-13)16-6-9-19(26-3)18(10-16)22-27(24,25)17-7-4-15(20)5-8-17/h4-10,13-14,21-22H,11-12H2,1-3H3. The lowest BCUT2D eigenvalue weighted by Crippen LogP contribution is -2.54. The van der Waals surface area contributed by atoms with Crippen LogP contribution in [0.15, 0.2) is 51.8 Å². The lowest BCUT2D eigenvalue weighted by molar-refractivity contribution is 0.406. The summed E-state index contributed by atoms with van der Waals surface area (Å²) >= 11 is 3.32. The van der Waals surface area contributed by atoms with Crippen LogP contribution in [0, 0.1) is 0 Å². The lowest BCUT2D eigenvalue weighted by atomic mass is 10.1. The summed E-state index contributed by atoms with van der Waals surface area (Å²) in [5, 5.41) is 3.50. The molecular formula is C19H24BrN3O3S. The van der Waals surface area contributed by atoms with Crippen LogP contribution in [0.4, 0.5) is 11.4 Å². The van der Waals surface area contributed by atoms with Gasteiger partial charge < -0.3 is 15.0 Å². The van der Waals surface area contributed by atoms with Crippen molar-refractivity contribution in [3.63, 3.8) is 0 Å². The number of piperazine rings is 1. The molecule has 1 fully saturated rings. The molecule has 1 saturated heterocycles. The van der Waals surface area contributed by atoms with E-state index in [1.54, 1.807) is 30.3 Å². The van der Waals surface area contributed by atoms with Gasteiger partial charge >= 0.3 is 0 Å². The van der Waals surface area contributed by atoms with Crippen LogP contribution in [0.1, 0.15) is 13.8 Å². The summed E-state index contributed by atoms with van der Waals surface area (Å²) in [7, 11) is -2.18. The van der Waals surface area contributed by atoms with Gasteiger partial charge in [0.1, 0.15) is 5.75 Å². The van der Waals surface area contributed by atoms with Crippen LogP contribution in [-0.2, 0) is 10.0 Å². The van der Waals surface area contributed by atoms with E-state index in [0.717, 1.165) is 23.2 Å². The number of hydrogen-bond acceptors (Lipinski definition) is 5. The minimum absolute atomic E-state index is 0.197. The van der Waals surface area contributed by atoms with Crippen LogP contribution < -0.4 is 19.7 Å². The molecule has 1 aliphatic heterocycles. The molecule has 8 heteroatoms. The zero-order valence-electron chi connectivity index (χ0n) is 15.6. The van der Waals surface area contributed by atoms with Crippen LogP contribution in [0.5, 0.6) is 5.75 Å². The van der Waals surface area contributed by atoms with Gasteiger partial charge in [-0.15, -0.1) is 0 Å². The number of hydrogen-bond donors (Lipinski definition) is 2. The first-order valence-corrected chi connectivity index (χ1v) is 11.0. The van der Waals surface area contributed by atoms with Crippen molar-refractivity contribution in [2.24, 2.45) is 0 Å². The minimum Gasteiger partial charge on any atom is -0.495 e. The number of nitrogens with zero attached hydrogens (tertiary/aromatic N) is 1. The summed E-state index contributed by atoms with van der Waals surface area (Å²) in [6.07, 6.45) is 0. The van der Waals surface area contributed by atoms with Gasteiger partial charge in [-0.05, 0) is 56.3 Å². The Morgan fingerprint density at radius 3 is 2.33 bits per heavy atom. The van der Waals surface area contributed by atoms with Gasteiger partial charge in [-0.2, -0.15) is 0 Å². The third-order valence-corrected chi connectivity index (χ3v) is 6.38. The molecule has 2 atom stereocenters. The van der Waals surface area contributed by atoms with E-state index >= 15 is 0 Å². The molecule has 27 heavy (non-hydrogen) atoms. The molecule has 0 bridgehead atoms. The fourth-order valence-electron chi connectivity index (χ4n) is 3.33. The third kappa shape index (κ3) is 4.75. The molecule has 2 N–H and O–H groups in total. The Kier molecular flexibility index (Phi) is 5.98. The zero-order chi connectivity index (χ0) is 19.6. The number of rotatable bonds is 5. The second-order valence-electron chi connectivity index (χ2n) is 6.82. The van der Waals surface area contributed by atoms with E-state index in [-0.39, 0.29) is 4.90 Å². The molecule has 146 valence electrons. The number of ether oxygens (including phenoxy) is 1. The Hall–Kier alpha value is -1.77. The van der Waals surface area contributed by atoms with E-state index < -0.39 is 10.0 Å². The van der Waals surface area contributed by atoms with Gasteiger partial charge in [-0.25, -0.2) is 8.42 Å². The summed E-state index contributed by atoms with van der Waals surface area (Å²) in [6.45, 7) is 6.00. The molecule has 1 heterocycles. The molecule has 0 amide bonds. The number of anilines is 2. The molecule has 6 nitrogen and oxygen atoms in total. The highest BCUT2D eigenvalue weighted by molar-refractivity contribution is 9.10. The fraction of sp³-hybridized carbons (Fsp3) is 0.368. The van der Waals surface area contributed by atoms with Crippen molar-refractivity contribution < 1.29 is 13.2 Å². The summed E-state index contributed by atoms with van der Waals surface area (Å²) in [6, 6.07) is 12.8. The van der Waals surface area contributed by atoms with Crippen LogP contribution in [0.2, 0.25) is 0 Å². The van der Waals surface area contributed by atoms with Crippen molar-refractivity contribution in [1.29, 1.82) is 0 Å². The van der Waals surface area contributed by atoms with Crippen LogP contribution in [-0.4, -0.2) is 40.7 Å². The molecule has 0 radical (unpaired) electrons. The maximum Gasteiger partial charge on any atom is 0.262 e. The second-order valence-corrected chi connectivity index (χ2v) is 9.42. The topological polar surface area (TPSA) is 70.7 Å². The second kappa shape index (κ2) is 8.08. The lowest BCUT2D eigenvalue weighted by Gasteiger charge is -2.38. The number of nitrogens with one attached hydrogen (secondary N) is 2. The van der Waals surface area contributed by atoms with Crippen molar-refractivity contribution in [3.8, 4) is 5.75 Å². The first-order chi connectivity index (χ1) is 12.8. The number of halogens is 1. The normalized spacial score (nSPS) is 20.4. The third-order valence-electron chi connectivity index (χ3n) is 4.47. The van der Waals surface area contributed by atoms with E-state index in [2.05, 4.69) is 44.7 Å². The van der Waals surface area contributed by atoms with Crippen molar-refractivity contribution >= 4 is 37.3 Å². The van der Waals surface area contributed by atoms with Crippen molar-refractivity contribution in [2.75, 3.05) is 29.8 Å². The SMILES string of the molecule is COc1ccc(N2CC(C)NC(C)C2)cc1NS(=O)(=O)c1ccc(Br)cc1. The van der Waals surface area contributed by atoms with Gasteiger partial charge in [0.05, 0.1) is 17.7 Å². The Labute approximate surface area is 169 Å². The Morgan fingerprint density at radius 2 is 1.74 bits per heavy atom. The quantitative estimate of drug-likeness (QED) is 0.725. The van der Waals surface area contributed by atoms with Crippen LogP contribution >= 0.6 is 15.9 Å². The van der Waals surface area contributed by atoms with E-state index in [1.807, 2.05) is 12.1 Å². The highest BCUT2D eigenvalue weighted by atomic mass is 79.9. The molecule has 3 rings (SSSR count). The van der Waals surface area contributed by atoms with E-state index in [1.165, 1.54) is 7.11 Å². The smallest absolute Gasteiger partial charge is 0.262 e. The van der Waals surface area contributed by atoms with Crippen LogP contribution in [0.3, 0.4) is 0 Å². The number of sulfonamides is 1. The maximum absolute atomic E-state index is 12.8. The van der Waals surface area contributed by atoms with Gasteiger partial charge in [0, 0.05) is 35.3 Å². The molecule has 0 spiro atoms. The molecule has 0 saturated carbocycles. The molecular weight excluding hydrogens is 430 g/mol. The minimum atomic E-state index is -3.71. The highest BCUT2D eigenvalue weighted by Gasteiger charge is 2.23. The van der Waals surface area contributed by atoms with E-state index in [4.69, 9.17) is 4.74 Å². The average molecular weight is 454 g/mol. The fourth-order valence-corrected chi connectivity index (χ4v) is 4.65. The molecule has 0 aliphatic carbocycles. The van der Waals surface area contributed by atoms with Gasteiger partial charge in [0.25, 0.3) is 10.0 Å². The van der Waals surface area contributed by atoms with Crippen molar-refractivity contribution in [1.82, 2.24) is 5.32 Å². The van der Waals surface area contributed by atoms with Crippen molar-refractivity contribution in [2.45, 2.75) is 30.8 Å². The summed E-state index contributed by atoms with van der Waals surface area (Å²) < 4.78 is 34.4. The largest absolute Gasteiger partial charge is 0.495 e. The predicted molar refractivity (Wildman–Crippen MR) is 112 cm³/mol. The number of benzene rings is 2. The van der Waals surface area contributed by atoms with Crippen molar-refractivity contribution in [3.05, 3.63) is 46.9 Å². The van der Waals surface area contributed by atoms with Gasteiger partial charge in [0.15, 0.2) is 0 Å².